The number of aromatic nitrogens is 1. The van der Waals surface area contributed by atoms with Crippen molar-refractivity contribution in [1.82, 2.24) is 9.88 Å². The van der Waals surface area contributed by atoms with Crippen LogP contribution in [0, 0.1) is 0 Å². The third kappa shape index (κ3) is 3.14. The largest absolute Gasteiger partial charge is 0.330 e. The lowest BCUT2D eigenvalue weighted by atomic mass is 10.0. The van der Waals surface area contributed by atoms with E-state index >= 15 is 0 Å². The zero-order valence-corrected chi connectivity index (χ0v) is 14.9. The standard InChI is InChI=1S/C19H18N2OS2/c22-18(9-8-14-10-12-23-13-14)21-11-4-3-6-16(21)19-20-15-5-1-2-7-17(15)24-19/h1-2,5,7-10,12-13,16H,3-4,6,11H2/b9-8+/t16-/m0/s1. The lowest BCUT2D eigenvalue weighted by molar-refractivity contribution is -0.129. The smallest absolute Gasteiger partial charge is 0.247 e. The molecule has 1 aliphatic rings. The van der Waals surface area contributed by atoms with E-state index < -0.39 is 0 Å². The van der Waals surface area contributed by atoms with Crippen molar-refractivity contribution < 1.29 is 4.79 Å². The molecule has 0 N–H and O–H groups in total. The first-order chi connectivity index (χ1) is 11.8. The van der Waals surface area contributed by atoms with Gasteiger partial charge in [0, 0.05) is 12.6 Å². The van der Waals surface area contributed by atoms with E-state index in [9.17, 15) is 4.79 Å². The molecular formula is C19H18N2OS2. The van der Waals surface area contributed by atoms with Gasteiger partial charge >= 0.3 is 0 Å². The fourth-order valence-electron chi connectivity index (χ4n) is 3.12. The van der Waals surface area contributed by atoms with Gasteiger partial charge in [-0.2, -0.15) is 11.3 Å². The Balaban J connectivity index is 1.59. The Morgan fingerprint density at radius 2 is 2.17 bits per heavy atom. The lowest BCUT2D eigenvalue weighted by Crippen LogP contribution is -2.37. The monoisotopic (exact) mass is 354 g/mol. The second-order valence-electron chi connectivity index (χ2n) is 5.95. The quantitative estimate of drug-likeness (QED) is 0.611. The number of likely N-dealkylation sites (tertiary alicyclic amines) is 1. The van der Waals surface area contributed by atoms with E-state index in [0.717, 1.165) is 41.9 Å². The molecular weight excluding hydrogens is 336 g/mol. The van der Waals surface area contributed by atoms with Gasteiger partial charge in [0.1, 0.15) is 5.01 Å². The van der Waals surface area contributed by atoms with Crippen LogP contribution in [0.5, 0.6) is 0 Å². The maximum atomic E-state index is 12.7. The molecule has 0 bridgehead atoms. The molecule has 4 rings (SSSR count). The van der Waals surface area contributed by atoms with Gasteiger partial charge in [-0.05, 0) is 59.9 Å². The van der Waals surface area contributed by atoms with E-state index in [2.05, 4.69) is 6.07 Å². The van der Waals surface area contributed by atoms with Crippen LogP contribution in [0.25, 0.3) is 16.3 Å². The minimum atomic E-state index is 0.0881. The molecule has 0 unspecified atom stereocenters. The Labute approximate surface area is 149 Å². The zero-order chi connectivity index (χ0) is 16.4. The second kappa shape index (κ2) is 6.87. The minimum absolute atomic E-state index is 0.0881. The summed E-state index contributed by atoms with van der Waals surface area (Å²) in [6, 6.07) is 10.3. The van der Waals surface area contributed by atoms with Crippen LogP contribution in [0.15, 0.2) is 47.2 Å². The summed E-state index contributed by atoms with van der Waals surface area (Å²) in [6.45, 7) is 0.813. The summed E-state index contributed by atoms with van der Waals surface area (Å²) < 4.78 is 1.19. The highest BCUT2D eigenvalue weighted by Crippen LogP contribution is 2.35. The van der Waals surface area contributed by atoms with Crippen LogP contribution in [-0.4, -0.2) is 22.3 Å². The molecule has 0 spiro atoms. The molecule has 0 radical (unpaired) electrons. The number of nitrogens with zero attached hydrogens (tertiary/aromatic N) is 2. The van der Waals surface area contributed by atoms with Crippen molar-refractivity contribution in [1.29, 1.82) is 0 Å². The predicted octanol–water partition coefficient (Wildman–Crippen LogP) is 5.12. The molecule has 3 nitrogen and oxygen atoms in total. The molecule has 1 amide bonds. The first-order valence-corrected chi connectivity index (χ1v) is 9.93. The highest BCUT2D eigenvalue weighted by Gasteiger charge is 2.29. The van der Waals surface area contributed by atoms with E-state index in [4.69, 9.17) is 4.98 Å². The van der Waals surface area contributed by atoms with Gasteiger partial charge in [0.2, 0.25) is 5.91 Å². The molecule has 0 saturated carbocycles. The number of fused-ring (bicyclic) bond motifs is 1. The number of para-hydroxylation sites is 1. The predicted molar refractivity (Wildman–Crippen MR) is 101 cm³/mol. The van der Waals surface area contributed by atoms with Crippen LogP contribution in [0.2, 0.25) is 0 Å². The lowest BCUT2D eigenvalue weighted by Gasteiger charge is -2.33. The van der Waals surface area contributed by atoms with Gasteiger partial charge in [0.15, 0.2) is 0 Å². The van der Waals surface area contributed by atoms with E-state index in [1.807, 2.05) is 46.0 Å². The maximum absolute atomic E-state index is 12.7. The van der Waals surface area contributed by atoms with Crippen LogP contribution in [-0.2, 0) is 4.79 Å². The highest BCUT2D eigenvalue weighted by atomic mass is 32.1. The van der Waals surface area contributed by atoms with E-state index in [1.165, 1.54) is 4.70 Å². The van der Waals surface area contributed by atoms with Gasteiger partial charge in [-0.25, -0.2) is 4.98 Å². The number of thiazole rings is 1. The number of amides is 1. The van der Waals surface area contributed by atoms with Crippen molar-refractivity contribution in [3.63, 3.8) is 0 Å². The van der Waals surface area contributed by atoms with Gasteiger partial charge in [0.25, 0.3) is 0 Å². The van der Waals surface area contributed by atoms with E-state index in [0.29, 0.717) is 0 Å². The summed E-state index contributed by atoms with van der Waals surface area (Å²) in [7, 11) is 0. The molecule has 3 heterocycles. The molecule has 1 saturated heterocycles. The molecule has 1 atom stereocenters. The first kappa shape index (κ1) is 15.5. The Hall–Kier alpha value is -1.98. The van der Waals surface area contributed by atoms with Crippen molar-refractivity contribution in [3.05, 3.63) is 57.7 Å². The van der Waals surface area contributed by atoms with Crippen LogP contribution < -0.4 is 0 Å². The summed E-state index contributed by atoms with van der Waals surface area (Å²) in [5, 5.41) is 5.13. The van der Waals surface area contributed by atoms with Gasteiger partial charge < -0.3 is 4.90 Å². The molecule has 24 heavy (non-hydrogen) atoms. The Kier molecular flexibility index (Phi) is 4.45. The topological polar surface area (TPSA) is 33.2 Å². The molecule has 1 fully saturated rings. The molecule has 5 heteroatoms. The van der Waals surface area contributed by atoms with Crippen molar-refractivity contribution in [2.24, 2.45) is 0 Å². The number of rotatable bonds is 3. The van der Waals surface area contributed by atoms with Crippen molar-refractivity contribution in [2.75, 3.05) is 6.54 Å². The van der Waals surface area contributed by atoms with Crippen LogP contribution in [0.1, 0.15) is 35.9 Å². The number of benzene rings is 1. The van der Waals surface area contributed by atoms with Crippen LogP contribution in [0.3, 0.4) is 0 Å². The Bertz CT molecular complexity index is 834. The molecule has 1 aromatic carbocycles. The molecule has 122 valence electrons. The number of carbonyl (C=O) groups excluding carboxylic acids is 1. The number of thiophene rings is 1. The number of piperidine rings is 1. The Morgan fingerprint density at radius 1 is 1.25 bits per heavy atom. The third-order valence-electron chi connectivity index (χ3n) is 4.34. The summed E-state index contributed by atoms with van der Waals surface area (Å²) in [4.78, 5) is 19.5. The molecule has 0 aliphatic carbocycles. The van der Waals surface area contributed by atoms with Gasteiger partial charge in [0.05, 0.1) is 16.3 Å². The number of hydrogen-bond acceptors (Lipinski definition) is 4. The average molecular weight is 354 g/mol. The van der Waals surface area contributed by atoms with Crippen LogP contribution >= 0.6 is 22.7 Å². The van der Waals surface area contributed by atoms with Gasteiger partial charge in [-0.1, -0.05) is 12.1 Å². The molecule has 1 aliphatic heterocycles. The summed E-state index contributed by atoms with van der Waals surface area (Å²) in [5.41, 5.74) is 2.12. The average Bonchev–Trinajstić information content (AvgIpc) is 3.29. The fraction of sp³-hybridized carbons (Fsp3) is 0.263. The minimum Gasteiger partial charge on any atom is -0.330 e. The fourth-order valence-corrected chi connectivity index (χ4v) is 4.86. The zero-order valence-electron chi connectivity index (χ0n) is 13.2. The van der Waals surface area contributed by atoms with Crippen molar-refractivity contribution in [3.8, 4) is 0 Å². The highest BCUT2D eigenvalue weighted by molar-refractivity contribution is 7.18. The SMILES string of the molecule is O=C(/C=C/c1ccsc1)N1CCCC[C@H]1c1nc2ccccc2s1. The maximum Gasteiger partial charge on any atom is 0.247 e. The summed E-state index contributed by atoms with van der Waals surface area (Å²) >= 11 is 3.36. The van der Waals surface area contributed by atoms with Crippen LogP contribution in [0.4, 0.5) is 0 Å². The van der Waals surface area contributed by atoms with Crippen molar-refractivity contribution in [2.45, 2.75) is 25.3 Å². The van der Waals surface area contributed by atoms with E-state index in [-0.39, 0.29) is 11.9 Å². The van der Waals surface area contributed by atoms with Gasteiger partial charge in [-0.3, -0.25) is 4.79 Å². The van der Waals surface area contributed by atoms with E-state index in [1.54, 1.807) is 28.7 Å². The Morgan fingerprint density at radius 3 is 3.00 bits per heavy atom. The normalized spacial score (nSPS) is 18.5. The second-order valence-corrected chi connectivity index (χ2v) is 7.80. The summed E-state index contributed by atoms with van der Waals surface area (Å²) in [5.74, 6) is 0.0881. The molecule has 3 aromatic rings. The molecule has 2 aromatic heterocycles. The first-order valence-electron chi connectivity index (χ1n) is 8.17. The van der Waals surface area contributed by atoms with Gasteiger partial charge in [-0.15, -0.1) is 11.3 Å². The number of hydrogen-bond donors (Lipinski definition) is 0. The summed E-state index contributed by atoms with van der Waals surface area (Å²) in [6.07, 6.45) is 6.83. The third-order valence-corrected chi connectivity index (χ3v) is 6.18. The number of carbonyl (C=O) groups is 1. The van der Waals surface area contributed by atoms with Crippen molar-refractivity contribution >= 4 is 44.9 Å².